The number of esters is 4. The first-order valence-corrected chi connectivity index (χ1v) is 29.6. The van der Waals surface area contributed by atoms with Crippen LogP contribution in [0.25, 0.3) is 30.4 Å². The lowest BCUT2D eigenvalue weighted by Crippen LogP contribution is -2.11. The minimum Gasteiger partial charge on any atom is -0.504 e. The van der Waals surface area contributed by atoms with Gasteiger partial charge in [0.15, 0.2) is 74.8 Å². The lowest BCUT2D eigenvalue weighted by Gasteiger charge is -2.07. The SMILES string of the molecule is CCOC(=O)CCC(=O)/C=C/c1ccc(O)c(OC)c1.CCOC(=O)CCC(=O)/C=C/c1ccc(OC)c(OC)c1.CCOC(=O)OC(=O)/C=C/c1ccc(OC)c(OC)c1.COC(=O)/C=C/c1ccc(OC)c(OC)c1.COc1ccc(/C=C/C(=O)CCC(C)=O)cc1OC. The van der Waals surface area contributed by atoms with Crippen LogP contribution in [0.3, 0.4) is 0 Å². The van der Waals surface area contributed by atoms with Crippen LogP contribution in [-0.2, 0) is 62.0 Å². The Labute approximate surface area is 559 Å². The van der Waals surface area contributed by atoms with E-state index < -0.39 is 18.1 Å². The number of carbonyl (C=O) groups is 9. The van der Waals surface area contributed by atoms with E-state index >= 15 is 0 Å². The van der Waals surface area contributed by atoms with Crippen molar-refractivity contribution >= 4 is 83.5 Å². The van der Waals surface area contributed by atoms with Gasteiger partial charge in [-0.15, -0.1) is 0 Å². The highest BCUT2D eigenvalue weighted by molar-refractivity contribution is 5.97. The van der Waals surface area contributed by atoms with Gasteiger partial charge in [-0.25, -0.2) is 14.4 Å². The van der Waals surface area contributed by atoms with Crippen LogP contribution in [0.2, 0.25) is 0 Å². The lowest BCUT2D eigenvalue weighted by atomic mass is 10.1. The largest absolute Gasteiger partial charge is 0.516 e. The van der Waals surface area contributed by atoms with Crippen LogP contribution in [0, 0.1) is 0 Å². The van der Waals surface area contributed by atoms with Crippen LogP contribution in [0.15, 0.2) is 121 Å². The van der Waals surface area contributed by atoms with Crippen LogP contribution in [0.4, 0.5) is 4.79 Å². The number of aromatic hydroxyl groups is 1. The lowest BCUT2D eigenvalue weighted by molar-refractivity contribution is -0.144. The second-order valence-electron chi connectivity index (χ2n) is 18.9. The minimum atomic E-state index is -1.02. The van der Waals surface area contributed by atoms with Crippen molar-refractivity contribution < 1.29 is 115 Å². The van der Waals surface area contributed by atoms with Gasteiger partial charge in [-0.2, -0.15) is 0 Å². The average Bonchev–Trinajstić information content (AvgIpc) is 0.983. The number of allylic oxidation sites excluding steroid dienone is 3. The second kappa shape index (κ2) is 48.6. The summed E-state index contributed by atoms with van der Waals surface area (Å²) >= 11 is 0. The molecule has 5 aromatic rings. The Morgan fingerprint density at radius 1 is 0.333 bits per heavy atom. The molecule has 0 unspecified atom stereocenters. The van der Waals surface area contributed by atoms with Crippen molar-refractivity contribution in [1.82, 2.24) is 0 Å². The van der Waals surface area contributed by atoms with E-state index in [4.69, 9.17) is 52.1 Å². The molecule has 518 valence electrons. The summed E-state index contributed by atoms with van der Waals surface area (Å²) in [6.07, 6.45) is 14.9. The third-order valence-corrected chi connectivity index (χ3v) is 12.2. The van der Waals surface area contributed by atoms with Crippen molar-refractivity contribution in [3.8, 4) is 57.5 Å². The second-order valence-corrected chi connectivity index (χ2v) is 18.9. The summed E-state index contributed by atoms with van der Waals surface area (Å²) in [5.41, 5.74) is 3.92. The Balaban J connectivity index is 0.000000601. The molecule has 24 nitrogen and oxygen atoms in total. The van der Waals surface area contributed by atoms with Crippen molar-refractivity contribution in [3.05, 3.63) is 149 Å². The predicted molar refractivity (Wildman–Crippen MR) is 360 cm³/mol. The molecule has 0 fully saturated rings. The molecule has 0 atom stereocenters. The molecule has 0 bridgehead atoms. The molecule has 0 spiro atoms. The van der Waals surface area contributed by atoms with Gasteiger partial charge in [-0.05, 0) is 147 Å². The topological polar surface area (TPSA) is 303 Å². The van der Waals surface area contributed by atoms with E-state index in [0.29, 0.717) is 70.5 Å². The first kappa shape index (κ1) is 82.8. The average molecular weight is 1340 g/mol. The fraction of sp³-hybridized carbons (Fsp3) is 0.319. The van der Waals surface area contributed by atoms with Gasteiger partial charge in [0, 0.05) is 37.8 Å². The molecule has 0 radical (unpaired) electrons. The number of rotatable bonds is 31. The molecule has 0 aliphatic heterocycles. The van der Waals surface area contributed by atoms with Gasteiger partial charge in [0.1, 0.15) is 5.78 Å². The molecule has 0 saturated carbocycles. The third-order valence-electron chi connectivity index (χ3n) is 12.2. The maximum Gasteiger partial charge on any atom is 0.516 e. The minimum absolute atomic E-state index is 0.0212. The standard InChI is InChI=1S/C16H20O5.C15H18O5.C15H18O4.C14H16O6.C12H14O4/c1-4-21-16(18)10-8-13(17)7-5-12-6-9-14(19-2)15(11-12)20-3;1-3-20-15(18)9-7-12(16)6-4-11-5-8-13(17)14(10-11)19-2;1-11(16)4-7-13(17)8-5-12-6-9-14(18-2)15(10-12)19-3;1-4-19-14(16)20-13(15)8-6-10-5-7-11(17-2)12(9-10)18-3;1-14-10-6-4-9(8-11(10)15-2)5-7-12(13)16-3/h5-7,9,11H,4,8,10H2,1-3H3;4-6,8,10,17H,3,7,9H2,1-2H3;5-6,8-10H,4,7H2,1-3H3;5-9H,4H2,1-3H3;4-8H,1-3H3/b7-5+;6-4+;8-5+;8-6+;7-5+. The van der Waals surface area contributed by atoms with Crippen LogP contribution in [0.5, 0.6) is 57.5 Å². The Bertz CT molecular complexity index is 3460. The summed E-state index contributed by atoms with van der Waals surface area (Å²) in [5.74, 6) is 2.98. The Kier molecular flexibility index (Phi) is 41.9. The molecule has 5 rings (SSSR count). The zero-order valence-corrected chi connectivity index (χ0v) is 56.6. The van der Waals surface area contributed by atoms with Gasteiger partial charge in [0.25, 0.3) is 0 Å². The number of phenols is 1. The normalized spacial score (nSPS) is 10.4. The van der Waals surface area contributed by atoms with Crippen molar-refractivity contribution in [3.63, 3.8) is 0 Å². The number of hydrogen-bond acceptors (Lipinski definition) is 24. The van der Waals surface area contributed by atoms with Gasteiger partial charge in [-0.3, -0.25) is 24.0 Å². The molecule has 0 saturated heterocycles. The molecule has 0 heterocycles. The summed E-state index contributed by atoms with van der Waals surface area (Å²) in [7, 11) is 15.2. The number of hydrogen-bond donors (Lipinski definition) is 1. The monoisotopic (exact) mass is 1330 g/mol. The van der Waals surface area contributed by atoms with E-state index in [9.17, 15) is 48.3 Å². The Morgan fingerprint density at radius 2 is 0.615 bits per heavy atom. The number of benzene rings is 5. The first-order valence-electron chi connectivity index (χ1n) is 29.6. The smallest absolute Gasteiger partial charge is 0.504 e. The van der Waals surface area contributed by atoms with Crippen molar-refractivity contribution in [1.29, 1.82) is 0 Å². The molecule has 96 heavy (non-hydrogen) atoms. The maximum absolute atomic E-state index is 11.7. The summed E-state index contributed by atoms with van der Waals surface area (Å²) in [6.45, 7) is 7.33. The highest BCUT2D eigenvalue weighted by Crippen LogP contribution is 2.32. The number of Topliss-reactive ketones (excluding diaryl/α,β-unsaturated/α-hetero) is 1. The van der Waals surface area contributed by atoms with Gasteiger partial charge < -0.3 is 76.2 Å². The van der Waals surface area contributed by atoms with E-state index in [1.54, 1.807) is 154 Å². The van der Waals surface area contributed by atoms with Gasteiger partial charge >= 0.3 is 30.0 Å². The van der Waals surface area contributed by atoms with E-state index in [2.05, 4.69) is 14.2 Å². The quantitative estimate of drug-likeness (QED) is 0.0186. The summed E-state index contributed by atoms with van der Waals surface area (Å²) in [6, 6.07) is 26.0. The highest BCUT2D eigenvalue weighted by atomic mass is 16.7. The van der Waals surface area contributed by atoms with Crippen molar-refractivity contribution in [2.75, 3.05) is 90.9 Å². The number of methoxy groups -OCH3 is 10. The van der Waals surface area contributed by atoms with Crippen molar-refractivity contribution in [2.24, 2.45) is 0 Å². The van der Waals surface area contributed by atoms with Gasteiger partial charge in [0.2, 0.25) is 0 Å². The van der Waals surface area contributed by atoms with Crippen LogP contribution < -0.4 is 42.6 Å². The molecular weight excluding hydrogens is 1250 g/mol. The predicted octanol–water partition coefficient (Wildman–Crippen LogP) is 11.9. The van der Waals surface area contributed by atoms with E-state index in [0.717, 1.165) is 28.3 Å². The Morgan fingerprint density at radius 3 is 0.906 bits per heavy atom. The summed E-state index contributed by atoms with van der Waals surface area (Å²) in [5, 5.41) is 9.44. The van der Waals surface area contributed by atoms with Crippen LogP contribution in [0.1, 0.15) is 94.0 Å². The highest BCUT2D eigenvalue weighted by Gasteiger charge is 2.12. The number of carbonyl (C=O) groups excluding carboxylic acids is 9. The van der Waals surface area contributed by atoms with E-state index in [1.807, 2.05) is 18.2 Å². The number of ether oxygens (including phenoxy) is 14. The van der Waals surface area contributed by atoms with E-state index in [-0.39, 0.29) is 86.0 Å². The maximum atomic E-state index is 11.7. The van der Waals surface area contributed by atoms with Gasteiger partial charge in [-0.1, -0.05) is 48.6 Å². The molecule has 0 aliphatic carbocycles. The molecule has 1 N–H and O–H groups in total. The van der Waals surface area contributed by atoms with Crippen LogP contribution >= 0.6 is 0 Å². The molecular formula is C72H86O24. The molecule has 0 aromatic heterocycles. The Hall–Kier alpha value is -11.2. The molecule has 5 aromatic carbocycles. The molecule has 0 aliphatic rings. The third kappa shape index (κ3) is 34.5. The first-order chi connectivity index (χ1) is 46.0. The summed E-state index contributed by atoms with van der Waals surface area (Å²) < 4.78 is 68.9. The summed E-state index contributed by atoms with van der Waals surface area (Å²) in [4.78, 5) is 101. The number of phenolic OH excluding ortho intramolecular Hbond substituents is 1. The fourth-order valence-electron chi connectivity index (χ4n) is 7.32. The van der Waals surface area contributed by atoms with Gasteiger partial charge in [0.05, 0.1) is 104 Å². The van der Waals surface area contributed by atoms with E-state index in [1.165, 1.54) is 71.8 Å². The fourth-order valence-corrected chi connectivity index (χ4v) is 7.32. The number of ketones is 4. The van der Waals surface area contributed by atoms with Crippen molar-refractivity contribution in [2.45, 2.75) is 66.2 Å². The molecule has 0 amide bonds. The van der Waals surface area contributed by atoms with Crippen LogP contribution in [-0.4, -0.2) is 149 Å². The molecule has 24 heteroatoms. The zero-order chi connectivity index (χ0) is 71.8. The zero-order valence-electron chi connectivity index (χ0n) is 56.6.